The number of rotatable bonds is 8. The molecule has 0 saturated carbocycles. The van der Waals surface area contributed by atoms with Gasteiger partial charge in [-0.3, -0.25) is 0 Å². The van der Waals surface area contributed by atoms with E-state index in [2.05, 4.69) is 21.5 Å². The first kappa shape index (κ1) is 25.8. The Morgan fingerprint density at radius 2 is 1.61 bits per heavy atom. The van der Waals surface area contributed by atoms with E-state index >= 15 is 4.39 Å². The first-order valence-corrected chi connectivity index (χ1v) is 12.5. The minimum absolute atomic E-state index is 0.139. The highest BCUT2D eigenvalue weighted by molar-refractivity contribution is 5.81. The second-order valence-corrected chi connectivity index (χ2v) is 9.12. The number of halogens is 4. The quantitative estimate of drug-likeness (QED) is 0.269. The van der Waals surface area contributed by atoms with Gasteiger partial charge in [-0.25, -0.2) is 9.37 Å². The van der Waals surface area contributed by atoms with Crippen LogP contribution in [0.3, 0.4) is 0 Å². The van der Waals surface area contributed by atoms with Crippen LogP contribution in [0, 0.1) is 5.82 Å². The number of anilines is 1. The minimum Gasteiger partial charge on any atom is -0.486 e. The van der Waals surface area contributed by atoms with Crippen LogP contribution in [0.5, 0.6) is 11.5 Å². The molecule has 1 fully saturated rings. The van der Waals surface area contributed by atoms with Crippen molar-refractivity contribution in [1.29, 1.82) is 0 Å². The fourth-order valence-corrected chi connectivity index (χ4v) is 4.66. The van der Waals surface area contributed by atoms with Crippen LogP contribution in [0.25, 0.3) is 11.0 Å². The lowest BCUT2D eigenvalue weighted by molar-refractivity contribution is -0.274. The topological polar surface area (TPSA) is 42.8 Å². The van der Waals surface area contributed by atoms with Gasteiger partial charge < -0.3 is 23.8 Å². The first-order valence-electron chi connectivity index (χ1n) is 12.5. The third-order valence-electron chi connectivity index (χ3n) is 6.66. The van der Waals surface area contributed by atoms with Crippen molar-refractivity contribution >= 4 is 16.7 Å². The molecule has 0 spiro atoms. The average Bonchev–Trinajstić information content (AvgIpc) is 3.23. The number of para-hydroxylation sites is 1. The highest BCUT2D eigenvalue weighted by Crippen LogP contribution is 2.29. The van der Waals surface area contributed by atoms with Gasteiger partial charge in [0.25, 0.3) is 0 Å². The maximum absolute atomic E-state index is 15.2. The summed E-state index contributed by atoms with van der Waals surface area (Å²) in [4.78, 5) is 9.03. The molecule has 2 heterocycles. The number of aromatic nitrogens is 2. The Kier molecular flexibility index (Phi) is 7.42. The molecule has 0 amide bonds. The lowest BCUT2D eigenvalue weighted by Gasteiger charge is -2.35. The molecule has 38 heavy (non-hydrogen) atoms. The van der Waals surface area contributed by atoms with Crippen LogP contribution >= 0.6 is 0 Å². The van der Waals surface area contributed by atoms with Crippen LogP contribution in [0.15, 0.2) is 66.7 Å². The van der Waals surface area contributed by atoms with E-state index in [-0.39, 0.29) is 18.2 Å². The van der Waals surface area contributed by atoms with E-state index in [4.69, 9.17) is 4.74 Å². The largest absolute Gasteiger partial charge is 0.573 e. The second-order valence-electron chi connectivity index (χ2n) is 9.12. The third-order valence-corrected chi connectivity index (χ3v) is 6.66. The molecular weight excluding hydrogens is 500 g/mol. The molecular formula is C28H28F4N4O2. The molecule has 10 heteroatoms. The fraction of sp³-hybridized carbons (Fsp3) is 0.321. The minimum atomic E-state index is -4.76. The molecule has 0 bridgehead atoms. The average molecular weight is 529 g/mol. The van der Waals surface area contributed by atoms with E-state index < -0.39 is 6.36 Å². The number of alkyl halides is 3. The number of likely N-dealkylation sites (N-methyl/N-ethyl adjacent to an activating group) is 1. The summed E-state index contributed by atoms with van der Waals surface area (Å²) in [7, 11) is 0. The molecule has 0 unspecified atom stereocenters. The molecule has 3 aromatic carbocycles. The predicted molar refractivity (Wildman–Crippen MR) is 137 cm³/mol. The second kappa shape index (κ2) is 10.9. The van der Waals surface area contributed by atoms with E-state index in [0.29, 0.717) is 29.3 Å². The fourth-order valence-electron chi connectivity index (χ4n) is 4.66. The van der Waals surface area contributed by atoms with Crippen molar-refractivity contribution in [1.82, 2.24) is 14.5 Å². The summed E-state index contributed by atoms with van der Waals surface area (Å²) in [6, 6.07) is 18.2. The zero-order valence-electron chi connectivity index (χ0n) is 20.9. The van der Waals surface area contributed by atoms with Gasteiger partial charge in [-0.15, -0.1) is 13.2 Å². The van der Waals surface area contributed by atoms with E-state index in [0.717, 1.165) is 43.8 Å². The summed E-state index contributed by atoms with van der Waals surface area (Å²) < 4.78 is 64.8. The number of hydrogen-bond donors (Lipinski definition) is 0. The molecule has 1 aliphatic rings. The van der Waals surface area contributed by atoms with Crippen molar-refractivity contribution in [2.45, 2.75) is 26.4 Å². The maximum atomic E-state index is 15.2. The highest BCUT2D eigenvalue weighted by Gasteiger charge is 2.31. The van der Waals surface area contributed by atoms with Crippen LogP contribution in [0.4, 0.5) is 23.2 Å². The number of piperazine rings is 1. The Morgan fingerprint density at radius 1 is 0.895 bits per heavy atom. The number of fused-ring (bicyclic) bond motifs is 1. The summed E-state index contributed by atoms with van der Waals surface area (Å²) >= 11 is 0. The summed E-state index contributed by atoms with van der Waals surface area (Å²) in [5.74, 6) is 0.614. The standard InChI is InChI=1S/C28H28F4N4O2/c1-2-34-12-14-35(15-13-34)25-17-26-24(16-23(25)29)33-27(19-37-21-6-4-3-5-7-21)36(26)18-20-8-10-22(11-9-20)38-28(30,31)32/h3-11,16-17H,2,12-15,18-19H2,1H3. The monoisotopic (exact) mass is 528 g/mol. The predicted octanol–water partition coefficient (Wildman–Crippen LogP) is 5.84. The van der Waals surface area contributed by atoms with Gasteiger partial charge in [0, 0.05) is 38.8 Å². The Hall–Kier alpha value is -3.79. The number of nitrogens with zero attached hydrogens (tertiary/aromatic N) is 4. The Bertz CT molecular complexity index is 1370. The van der Waals surface area contributed by atoms with Crippen molar-refractivity contribution in [3.05, 3.63) is 83.9 Å². The van der Waals surface area contributed by atoms with Gasteiger partial charge >= 0.3 is 6.36 Å². The van der Waals surface area contributed by atoms with Crippen molar-refractivity contribution < 1.29 is 27.0 Å². The van der Waals surface area contributed by atoms with E-state index in [9.17, 15) is 13.2 Å². The Balaban J connectivity index is 1.48. The van der Waals surface area contributed by atoms with Gasteiger partial charge in [0.05, 0.1) is 16.7 Å². The van der Waals surface area contributed by atoms with Gasteiger partial charge in [-0.2, -0.15) is 0 Å². The van der Waals surface area contributed by atoms with E-state index in [1.54, 1.807) is 12.1 Å². The third kappa shape index (κ3) is 6.02. The highest BCUT2D eigenvalue weighted by atomic mass is 19.4. The Labute approximate surface area is 218 Å². The van der Waals surface area contributed by atoms with E-state index in [1.807, 2.05) is 45.9 Å². The molecule has 200 valence electrons. The lowest BCUT2D eigenvalue weighted by atomic mass is 10.2. The zero-order valence-corrected chi connectivity index (χ0v) is 20.9. The SMILES string of the molecule is CCN1CCN(c2cc3c(cc2F)nc(COc2ccccc2)n3Cc2ccc(OC(F)(F)F)cc2)CC1. The van der Waals surface area contributed by atoms with Crippen molar-refractivity contribution in [3.8, 4) is 11.5 Å². The number of benzene rings is 3. The molecule has 1 saturated heterocycles. The van der Waals surface area contributed by atoms with Crippen LogP contribution in [-0.4, -0.2) is 53.5 Å². The molecule has 1 aliphatic heterocycles. The van der Waals surface area contributed by atoms with Crippen LogP contribution < -0.4 is 14.4 Å². The van der Waals surface area contributed by atoms with E-state index in [1.165, 1.54) is 18.2 Å². The lowest BCUT2D eigenvalue weighted by Crippen LogP contribution is -2.46. The van der Waals surface area contributed by atoms with Gasteiger partial charge in [-0.05, 0) is 42.4 Å². The summed E-state index contributed by atoms with van der Waals surface area (Å²) in [6.07, 6.45) is -4.76. The normalized spacial score (nSPS) is 14.7. The number of imidazole rings is 1. The molecule has 0 aliphatic carbocycles. The number of ether oxygens (including phenoxy) is 2. The Morgan fingerprint density at radius 3 is 2.26 bits per heavy atom. The van der Waals surface area contributed by atoms with Crippen molar-refractivity contribution in [2.24, 2.45) is 0 Å². The first-order chi connectivity index (χ1) is 18.3. The molecule has 4 aromatic rings. The van der Waals surface area contributed by atoms with Crippen LogP contribution in [0.1, 0.15) is 18.3 Å². The smallest absolute Gasteiger partial charge is 0.486 e. The zero-order chi connectivity index (χ0) is 26.7. The summed E-state index contributed by atoms with van der Waals surface area (Å²) in [6.45, 7) is 6.67. The summed E-state index contributed by atoms with van der Waals surface area (Å²) in [5.41, 5.74) is 2.46. The van der Waals surface area contributed by atoms with Crippen LogP contribution in [-0.2, 0) is 13.2 Å². The van der Waals surface area contributed by atoms with Gasteiger partial charge in [-0.1, -0.05) is 37.3 Å². The summed E-state index contributed by atoms with van der Waals surface area (Å²) in [5, 5.41) is 0. The van der Waals surface area contributed by atoms with Gasteiger partial charge in [0.1, 0.15) is 29.7 Å². The van der Waals surface area contributed by atoms with Gasteiger partial charge in [0.2, 0.25) is 0 Å². The van der Waals surface area contributed by atoms with Gasteiger partial charge in [0.15, 0.2) is 0 Å². The van der Waals surface area contributed by atoms with Crippen molar-refractivity contribution in [3.63, 3.8) is 0 Å². The molecule has 0 N–H and O–H groups in total. The van der Waals surface area contributed by atoms with Crippen molar-refractivity contribution in [2.75, 3.05) is 37.6 Å². The molecule has 6 nitrogen and oxygen atoms in total. The maximum Gasteiger partial charge on any atom is 0.573 e. The van der Waals surface area contributed by atoms with Crippen LogP contribution in [0.2, 0.25) is 0 Å². The molecule has 5 rings (SSSR count). The molecule has 1 aromatic heterocycles. The molecule has 0 radical (unpaired) electrons. The molecule has 0 atom stereocenters. The number of hydrogen-bond acceptors (Lipinski definition) is 5.